The zero-order valence-corrected chi connectivity index (χ0v) is 22.7. The second kappa shape index (κ2) is 8.07. The molecule has 10 heteroatoms. The van der Waals surface area contributed by atoms with Gasteiger partial charge in [0.2, 0.25) is 0 Å². The fraction of sp³-hybridized carbons (Fsp3) is 0.810. The van der Waals surface area contributed by atoms with Gasteiger partial charge in [-0.05, 0) is 29.2 Å². The van der Waals surface area contributed by atoms with Gasteiger partial charge in [0.15, 0.2) is 14.5 Å². The van der Waals surface area contributed by atoms with Gasteiger partial charge < -0.3 is 25.1 Å². The number of anilines is 1. The number of aromatic nitrogens is 2. The van der Waals surface area contributed by atoms with Crippen LogP contribution in [-0.4, -0.2) is 60.2 Å². The van der Waals surface area contributed by atoms with Crippen molar-refractivity contribution in [3.63, 3.8) is 0 Å². The average Bonchev–Trinajstić information content (AvgIpc) is 2.84. The summed E-state index contributed by atoms with van der Waals surface area (Å²) < 4.78 is 13.8. The highest BCUT2D eigenvalue weighted by Gasteiger charge is 2.67. The average molecular weight is 472 g/mol. The Morgan fingerprint density at radius 3 is 2.19 bits per heavy atom. The lowest BCUT2D eigenvalue weighted by Crippen LogP contribution is -2.70. The van der Waals surface area contributed by atoms with Crippen molar-refractivity contribution in [3.8, 4) is 0 Å². The van der Waals surface area contributed by atoms with Crippen molar-refractivity contribution < 1.29 is 19.4 Å². The molecule has 1 aliphatic heterocycles. The van der Waals surface area contributed by atoms with Crippen LogP contribution in [0.4, 0.5) is 5.82 Å². The molecule has 31 heavy (non-hydrogen) atoms. The highest BCUT2D eigenvalue weighted by molar-refractivity contribution is 6.83. The molecular formula is C21H41N3O5Si2. The van der Waals surface area contributed by atoms with E-state index in [1.807, 2.05) is 13.1 Å². The molecule has 0 spiro atoms. The van der Waals surface area contributed by atoms with E-state index in [1.165, 1.54) is 16.8 Å². The fourth-order valence-electron chi connectivity index (χ4n) is 3.63. The quantitative estimate of drug-likeness (QED) is 0.565. The van der Waals surface area contributed by atoms with Gasteiger partial charge in [0.05, 0.1) is 14.7 Å². The van der Waals surface area contributed by atoms with Crippen molar-refractivity contribution in [2.75, 3.05) is 12.3 Å². The smallest absolute Gasteiger partial charge is 0.351 e. The zero-order chi connectivity index (χ0) is 24.2. The minimum Gasteiger partial charge on any atom is -0.414 e. The Labute approximate surface area is 187 Å². The van der Waals surface area contributed by atoms with E-state index >= 15 is 0 Å². The molecular weight excluding hydrogens is 430 g/mol. The molecule has 4 atom stereocenters. The van der Waals surface area contributed by atoms with Crippen LogP contribution in [0, 0.1) is 0 Å². The standard InChI is InChI=1S/C21H41N3O5Si2/c1-19(2,3)30(7,8)21(27)14(13-28-31(9,10)20(4,5)6)29-17(16(21)25)24-12-11-15(22)23-18(24)26/h11-12,14,16-17,25,27H,13H2,1-10H3,(H2,22,23,26)/t14-,16+,17-,21+/m1/s1. The van der Waals surface area contributed by atoms with Gasteiger partial charge in [-0.1, -0.05) is 54.6 Å². The number of rotatable bonds is 5. The normalized spacial score (nSPS) is 28.2. The van der Waals surface area contributed by atoms with Crippen molar-refractivity contribution in [2.24, 2.45) is 0 Å². The van der Waals surface area contributed by atoms with Crippen LogP contribution in [0.5, 0.6) is 0 Å². The third-order valence-corrected chi connectivity index (χ3v) is 18.8. The summed E-state index contributed by atoms with van der Waals surface area (Å²) in [6.45, 7) is 21.1. The maximum atomic E-state index is 12.5. The monoisotopic (exact) mass is 471 g/mol. The topological polar surface area (TPSA) is 120 Å². The molecule has 1 fully saturated rings. The third kappa shape index (κ3) is 4.42. The fourth-order valence-corrected chi connectivity index (χ4v) is 7.67. The van der Waals surface area contributed by atoms with E-state index in [9.17, 15) is 15.0 Å². The van der Waals surface area contributed by atoms with E-state index in [-0.39, 0.29) is 22.5 Å². The zero-order valence-electron chi connectivity index (χ0n) is 20.7. The number of nitrogen functional groups attached to an aromatic ring is 1. The van der Waals surface area contributed by atoms with Crippen molar-refractivity contribution in [1.29, 1.82) is 0 Å². The lowest BCUT2D eigenvalue weighted by Gasteiger charge is -2.51. The van der Waals surface area contributed by atoms with Gasteiger partial charge in [0.25, 0.3) is 0 Å². The van der Waals surface area contributed by atoms with Gasteiger partial charge in [0.1, 0.15) is 23.3 Å². The summed E-state index contributed by atoms with van der Waals surface area (Å²) in [5.41, 5.74) is 4.99. The van der Waals surface area contributed by atoms with Crippen LogP contribution in [0.15, 0.2) is 17.1 Å². The summed E-state index contributed by atoms with van der Waals surface area (Å²) >= 11 is 0. The molecule has 0 unspecified atom stereocenters. The maximum absolute atomic E-state index is 12.5. The van der Waals surface area contributed by atoms with E-state index in [1.54, 1.807) is 0 Å². The van der Waals surface area contributed by atoms with Crippen molar-refractivity contribution in [1.82, 2.24) is 9.55 Å². The molecule has 2 heterocycles. The van der Waals surface area contributed by atoms with Crippen LogP contribution >= 0.6 is 0 Å². The summed E-state index contributed by atoms with van der Waals surface area (Å²) in [6.07, 6.45) is -1.73. The first-order valence-electron chi connectivity index (χ1n) is 10.8. The van der Waals surface area contributed by atoms with Crippen molar-refractivity contribution in [2.45, 2.75) is 101 Å². The van der Waals surface area contributed by atoms with E-state index in [2.05, 4.69) is 59.6 Å². The van der Waals surface area contributed by atoms with Crippen molar-refractivity contribution >= 4 is 22.2 Å². The van der Waals surface area contributed by atoms with Gasteiger partial charge in [-0.25, -0.2) is 4.79 Å². The number of hydrogen-bond acceptors (Lipinski definition) is 7. The molecule has 1 aliphatic rings. The molecule has 2 rings (SSSR count). The van der Waals surface area contributed by atoms with Gasteiger partial charge in [-0.15, -0.1) is 0 Å². The van der Waals surface area contributed by atoms with Crippen LogP contribution in [0.2, 0.25) is 36.3 Å². The Morgan fingerprint density at radius 1 is 1.19 bits per heavy atom. The molecule has 0 amide bonds. The van der Waals surface area contributed by atoms with E-state index in [4.69, 9.17) is 14.9 Å². The lowest BCUT2D eigenvalue weighted by molar-refractivity contribution is -0.0575. The van der Waals surface area contributed by atoms with Crippen LogP contribution in [-0.2, 0) is 9.16 Å². The lowest BCUT2D eigenvalue weighted by atomic mass is 10.1. The summed E-state index contributed by atoms with van der Waals surface area (Å²) in [5, 5.41) is 21.7. The Morgan fingerprint density at radius 2 is 1.74 bits per heavy atom. The minimum atomic E-state index is -2.61. The second-order valence-electron chi connectivity index (χ2n) is 11.8. The number of hydrogen-bond donors (Lipinski definition) is 3. The molecule has 8 nitrogen and oxygen atoms in total. The number of aliphatic hydroxyl groups is 2. The number of ether oxygens (including phenoxy) is 1. The highest BCUT2D eigenvalue weighted by atomic mass is 28.4. The first kappa shape index (κ1) is 26.2. The number of nitrogens with two attached hydrogens (primary N) is 1. The van der Waals surface area contributed by atoms with Gasteiger partial charge >= 0.3 is 5.69 Å². The predicted molar refractivity (Wildman–Crippen MR) is 128 cm³/mol. The van der Waals surface area contributed by atoms with Gasteiger partial charge in [0, 0.05) is 6.20 Å². The first-order chi connectivity index (χ1) is 13.8. The molecule has 0 radical (unpaired) electrons. The molecule has 1 saturated heterocycles. The molecule has 4 N–H and O–H groups in total. The van der Waals surface area contributed by atoms with Crippen molar-refractivity contribution in [3.05, 3.63) is 22.7 Å². The summed E-state index contributed by atoms with van der Waals surface area (Å²) in [4.78, 5) is 16.2. The Hall–Kier alpha value is -1.05. The van der Waals surface area contributed by atoms with Gasteiger partial charge in [-0.2, -0.15) is 4.98 Å². The summed E-state index contributed by atoms with van der Waals surface area (Å²) in [7, 11) is -4.75. The SMILES string of the molecule is CC(C)(C)[Si](C)(C)OC[C@H]1O[C@@H](n2ccc(N)nc2=O)[C@H](O)[C@@]1(O)[Si](C)(C)C(C)(C)C. The summed E-state index contributed by atoms with van der Waals surface area (Å²) in [5.74, 6) is 0.0891. The number of aliphatic hydroxyl groups excluding tert-OH is 1. The molecule has 0 bridgehead atoms. The van der Waals surface area contributed by atoms with Crippen LogP contribution < -0.4 is 11.4 Å². The van der Waals surface area contributed by atoms with Gasteiger partial charge in [-0.3, -0.25) is 4.57 Å². The molecule has 0 aliphatic carbocycles. The summed E-state index contributed by atoms with van der Waals surface area (Å²) in [6, 6.07) is 1.47. The first-order valence-corrected chi connectivity index (χ1v) is 16.7. The van der Waals surface area contributed by atoms with Crippen LogP contribution in [0.3, 0.4) is 0 Å². The minimum absolute atomic E-state index is 0.0173. The largest absolute Gasteiger partial charge is 0.414 e. The third-order valence-electron chi connectivity index (χ3n) is 7.92. The highest BCUT2D eigenvalue weighted by Crippen LogP contribution is 2.51. The molecule has 1 aromatic rings. The van der Waals surface area contributed by atoms with E-state index in [0.717, 1.165) is 0 Å². The Balaban J connectivity index is 2.53. The Bertz CT molecular complexity index is 860. The predicted octanol–water partition coefficient (Wildman–Crippen LogP) is 2.88. The molecule has 0 aromatic carbocycles. The second-order valence-corrected chi connectivity index (χ2v) is 22.1. The number of nitrogens with zero attached hydrogens (tertiary/aromatic N) is 2. The molecule has 0 saturated carbocycles. The van der Waals surface area contributed by atoms with E-state index < -0.39 is 45.7 Å². The van der Waals surface area contributed by atoms with E-state index in [0.29, 0.717) is 0 Å². The van der Waals surface area contributed by atoms with Crippen LogP contribution in [0.25, 0.3) is 0 Å². The Kier molecular flexibility index (Phi) is 6.82. The maximum Gasteiger partial charge on any atom is 0.351 e. The molecule has 178 valence electrons. The molecule has 1 aromatic heterocycles. The van der Waals surface area contributed by atoms with Crippen LogP contribution in [0.1, 0.15) is 47.8 Å².